The molecule has 0 radical (unpaired) electrons. The Kier molecular flexibility index (Phi) is 3.86. The van der Waals surface area contributed by atoms with E-state index in [1.54, 1.807) is 12.4 Å². The summed E-state index contributed by atoms with van der Waals surface area (Å²) in [4.78, 5) is 0. The van der Waals surface area contributed by atoms with Crippen LogP contribution in [0.4, 0.5) is 0 Å². The average Bonchev–Trinajstić information content (AvgIpc) is 2.00. The second-order valence-corrected chi connectivity index (χ2v) is 3.07. The number of hydrogen-bond acceptors (Lipinski definition) is 2. The van der Waals surface area contributed by atoms with E-state index >= 15 is 0 Å². The van der Waals surface area contributed by atoms with Crippen molar-refractivity contribution < 1.29 is 0 Å². The monoisotopic (exact) mass is 154 g/mol. The molecule has 0 saturated carbocycles. The first-order valence-corrected chi connectivity index (χ1v) is 3.99. The minimum Gasteiger partial charge on any atom is -0.268 e. The second-order valence-electron chi connectivity index (χ2n) is 3.07. The van der Waals surface area contributed by atoms with Crippen LogP contribution in [0.2, 0.25) is 0 Å². The summed E-state index contributed by atoms with van der Waals surface area (Å²) in [6, 6.07) is 0. The molecule has 2 heteroatoms. The van der Waals surface area contributed by atoms with Gasteiger partial charge < -0.3 is 0 Å². The lowest BCUT2D eigenvalue weighted by molar-refractivity contribution is 0.187. The highest BCUT2D eigenvalue weighted by Gasteiger charge is 2.20. The maximum Gasteiger partial charge on any atom is 0.0568 e. The fraction of sp³-hybridized carbons (Fsp3) is 0.667. The molecule has 0 fully saturated rings. The highest BCUT2D eigenvalue weighted by Crippen LogP contribution is 2.18. The van der Waals surface area contributed by atoms with Gasteiger partial charge in [0.25, 0.3) is 0 Å². The summed E-state index contributed by atoms with van der Waals surface area (Å²) in [7, 11) is 0. The third-order valence-electron chi connectivity index (χ3n) is 1.90. The summed E-state index contributed by atoms with van der Waals surface area (Å²) in [5, 5.41) is 6.06. The van der Waals surface area contributed by atoms with Crippen molar-refractivity contribution in [2.75, 3.05) is 0 Å². The molecule has 0 unspecified atom stereocenters. The van der Waals surface area contributed by atoms with Gasteiger partial charge in [-0.25, -0.2) is 0 Å². The van der Waals surface area contributed by atoms with Gasteiger partial charge in [-0.3, -0.25) is 5.01 Å². The molecule has 0 saturated heterocycles. The van der Waals surface area contributed by atoms with Crippen molar-refractivity contribution in [1.29, 1.82) is 0 Å². The van der Waals surface area contributed by atoms with Crippen molar-refractivity contribution in [2.24, 2.45) is 5.10 Å². The number of hydrazone groups is 1. The van der Waals surface area contributed by atoms with Crippen LogP contribution in [0.5, 0.6) is 0 Å². The zero-order valence-corrected chi connectivity index (χ0v) is 7.96. The minimum absolute atomic E-state index is 0.0776. The van der Waals surface area contributed by atoms with Gasteiger partial charge in [0.15, 0.2) is 0 Å². The first-order valence-electron chi connectivity index (χ1n) is 3.99. The summed E-state index contributed by atoms with van der Waals surface area (Å²) >= 11 is 0. The second kappa shape index (κ2) is 4.16. The van der Waals surface area contributed by atoms with E-state index in [1.807, 2.05) is 11.9 Å². The minimum atomic E-state index is 0.0776. The van der Waals surface area contributed by atoms with Gasteiger partial charge in [0.1, 0.15) is 0 Å². The zero-order valence-electron chi connectivity index (χ0n) is 7.96. The molecular formula is C9H18N2. The van der Waals surface area contributed by atoms with Gasteiger partial charge >= 0.3 is 0 Å². The van der Waals surface area contributed by atoms with Gasteiger partial charge in [-0.05, 0) is 27.2 Å². The van der Waals surface area contributed by atoms with E-state index < -0.39 is 0 Å². The molecule has 0 atom stereocenters. The van der Waals surface area contributed by atoms with Crippen LogP contribution >= 0.6 is 0 Å². The van der Waals surface area contributed by atoms with Crippen LogP contribution in [0.15, 0.2) is 17.9 Å². The van der Waals surface area contributed by atoms with Crippen LogP contribution in [0, 0.1) is 0 Å². The predicted molar refractivity (Wildman–Crippen MR) is 50.6 cm³/mol. The molecule has 0 N–H and O–H groups in total. The Morgan fingerprint density at radius 3 is 2.36 bits per heavy atom. The first kappa shape index (κ1) is 10.2. The molecular weight excluding hydrogens is 136 g/mol. The molecule has 0 aliphatic carbocycles. The normalized spacial score (nSPS) is 12.0. The van der Waals surface area contributed by atoms with E-state index in [-0.39, 0.29) is 5.54 Å². The van der Waals surface area contributed by atoms with Crippen LogP contribution in [0.25, 0.3) is 0 Å². The summed E-state index contributed by atoms with van der Waals surface area (Å²) in [5.41, 5.74) is 0.0776. The highest BCUT2D eigenvalue weighted by atomic mass is 15.5. The average molecular weight is 154 g/mol. The van der Waals surface area contributed by atoms with Gasteiger partial charge in [-0.2, -0.15) is 5.10 Å². The molecule has 0 rings (SSSR count). The smallest absolute Gasteiger partial charge is 0.0568 e. The summed E-state index contributed by atoms with van der Waals surface area (Å²) in [6.07, 6.45) is 4.58. The molecule has 0 heterocycles. The van der Waals surface area contributed by atoms with E-state index in [9.17, 15) is 0 Å². The van der Waals surface area contributed by atoms with E-state index in [0.717, 1.165) is 6.42 Å². The van der Waals surface area contributed by atoms with Crippen LogP contribution in [0.1, 0.15) is 34.1 Å². The predicted octanol–water partition coefficient (Wildman–Crippen LogP) is 2.63. The van der Waals surface area contributed by atoms with E-state index in [1.165, 1.54) is 0 Å². The highest BCUT2D eigenvalue weighted by molar-refractivity contribution is 5.52. The number of rotatable bonds is 4. The summed E-state index contributed by atoms with van der Waals surface area (Å²) in [5.74, 6) is 0. The third kappa shape index (κ3) is 2.74. The fourth-order valence-electron chi connectivity index (χ4n) is 0.737. The maximum absolute atomic E-state index is 4.18. The van der Waals surface area contributed by atoms with Crippen molar-refractivity contribution in [3.05, 3.63) is 12.8 Å². The van der Waals surface area contributed by atoms with Gasteiger partial charge in [0, 0.05) is 12.4 Å². The topological polar surface area (TPSA) is 15.6 Å². The molecule has 0 amide bonds. The Bertz CT molecular complexity index is 148. The SMILES string of the molecule is C=CN(/N=C\C)C(C)(C)CC. The molecule has 0 aliphatic rings. The van der Waals surface area contributed by atoms with Gasteiger partial charge in [-0.15, -0.1) is 0 Å². The molecule has 0 aromatic heterocycles. The molecule has 11 heavy (non-hydrogen) atoms. The van der Waals surface area contributed by atoms with Gasteiger partial charge in [-0.1, -0.05) is 13.5 Å². The summed E-state index contributed by atoms with van der Waals surface area (Å²) in [6.45, 7) is 12.0. The van der Waals surface area contributed by atoms with Crippen molar-refractivity contribution in [1.82, 2.24) is 5.01 Å². The van der Waals surface area contributed by atoms with E-state index in [2.05, 4.69) is 32.5 Å². The van der Waals surface area contributed by atoms with E-state index in [4.69, 9.17) is 0 Å². The van der Waals surface area contributed by atoms with Crippen molar-refractivity contribution >= 4 is 6.21 Å². The number of nitrogens with zero attached hydrogens (tertiary/aromatic N) is 2. The lowest BCUT2D eigenvalue weighted by Crippen LogP contribution is -2.35. The zero-order chi connectivity index (χ0) is 8.91. The molecule has 0 bridgehead atoms. The first-order chi connectivity index (χ1) is 5.08. The lowest BCUT2D eigenvalue weighted by atomic mass is 10.0. The van der Waals surface area contributed by atoms with Gasteiger partial charge in [0.2, 0.25) is 0 Å². The molecule has 2 nitrogen and oxygen atoms in total. The largest absolute Gasteiger partial charge is 0.268 e. The fourth-order valence-corrected chi connectivity index (χ4v) is 0.737. The Hall–Kier alpha value is -0.790. The molecule has 0 aliphatic heterocycles. The Morgan fingerprint density at radius 2 is 2.09 bits per heavy atom. The third-order valence-corrected chi connectivity index (χ3v) is 1.90. The maximum atomic E-state index is 4.18. The molecule has 0 spiro atoms. The van der Waals surface area contributed by atoms with Crippen LogP contribution in [0.3, 0.4) is 0 Å². The van der Waals surface area contributed by atoms with Crippen molar-refractivity contribution in [2.45, 2.75) is 39.7 Å². The quantitative estimate of drug-likeness (QED) is 0.449. The number of hydrogen-bond donors (Lipinski definition) is 0. The van der Waals surface area contributed by atoms with E-state index in [0.29, 0.717) is 0 Å². The van der Waals surface area contributed by atoms with Crippen LogP contribution in [-0.4, -0.2) is 16.8 Å². The lowest BCUT2D eigenvalue weighted by Gasteiger charge is -2.32. The van der Waals surface area contributed by atoms with Crippen molar-refractivity contribution in [3.8, 4) is 0 Å². The Morgan fingerprint density at radius 1 is 1.55 bits per heavy atom. The Labute approximate surface area is 69.6 Å². The molecule has 0 aromatic rings. The van der Waals surface area contributed by atoms with Crippen LogP contribution < -0.4 is 0 Å². The Balaban J connectivity index is 4.35. The molecule has 0 aromatic carbocycles. The van der Waals surface area contributed by atoms with Gasteiger partial charge in [0.05, 0.1) is 5.54 Å². The van der Waals surface area contributed by atoms with Crippen molar-refractivity contribution in [3.63, 3.8) is 0 Å². The standard InChI is InChI=1S/C9H18N2/c1-6-9(4,5)11(8-3)10-7-2/h7-8H,3,6H2,1-2,4-5H3/b10-7-. The molecule has 64 valence electrons. The summed E-state index contributed by atoms with van der Waals surface area (Å²) < 4.78 is 0. The van der Waals surface area contributed by atoms with Crippen LogP contribution in [-0.2, 0) is 0 Å².